The minimum atomic E-state index is -0.584. The summed E-state index contributed by atoms with van der Waals surface area (Å²) < 4.78 is 13.6. The van der Waals surface area contributed by atoms with E-state index in [0.717, 1.165) is 19.3 Å². The zero-order chi connectivity index (χ0) is 16.9. The monoisotopic (exact) mass is 346 g/mol. The summed E-state index contributed by atoms with van der Waals surface area (Å²) in [4.78, 5) is 27.5. The summed E-state index contributed by atoms with van der Waals surface area (Å²) in [5.41, 5.74) is -0.0399. The van der Waals surface area contributed by atoms with Crippen molar-refractivity contribution in [1.82, 2.24) is 10.2 Å². The number of carbonyl (C=O) groups is 2. The summed E-state index contributed by atoms with van der Waals surface area (Å²) in [5, 5.41) is 4.56. The molecule has 2 amide bonds. The van der Waals surface area contributed by atoms with Gasteiger partial charge in [-0.1, -0.05) is 18.2 Å². The number of amides is 2. The number of nitrogens with one attached hydrogen (secondary N) is 1. The fraction of sp³-hybridized carbons (Fsp3) is 0.333. The first kappa shape index (κ1) is 16.6. The predicted octanol–water partition coefficient (Wildman–Crippen LogP) is 2.85. The van der Waals surface area contributed by atoms with E-state index in [9.17, 15) is 14.0 Å². The minimum Gasteiger partial charge on any atom is -0.343 e. The van der Waals surface area contributed by atoms with E-state index in [1.807, 2.05) is 16.3 Å². The van der Waals surface area contributed by atoms with Crippen LogP contribution < -0.4 is 5.32 Å². The Hall–Kier alpha value is -2.21. The molecule has 1 aromatic heterocycles. The van der Waals surface area contributed by atoms with Crippen LogP contribution in [0.1, 0.15) is 28.1 Å². The Balaban J connectivity index is 1.56. The zero-order valence-electron chi connectivity index (χ0n) is 13.2. The Morgan fingerprint density at radius 1 is 1.25 bits per heavy atom. The summed E-state index contributed by atoms with van der Waals surface area (Å²) in [6, 6.07) is 10.0. The molecular weight excluding hydrogens is 327 g/mol. The van der Waals surface area contributed by atoms with Gasteiger partial charge < -0.3 is 10.2 Å². The van der Waals surface area contributed by atoms with Crippen molar-refractivity contribution in [2.75, 3.05) is 13.1 Å². The van der Waals surface area contributed by atoms with Gasteiger partial charge in [0.25, 0.3) is 5.91 Å². The maximum Gasteiger partial charge on any atom is 0.254 e. The molecule has 1 saturated heterocycles. The highest BCUT2D eigenvalue weighted by Crippen LogP contribution is 2.23. The molecule has 1 N–H and O–H groups in total. The van der Waals surface area contributed by atoms with Crippen LogP contribution in [0.3, 0.4) is 0 Å². The van der Waals surface area contributed by atoms with Crippen molar-refractivity contribution in [2.45, 2.75) is 25.3 Å². The fourth-order valence-corrected chi connectivity index (χ4v) is 3.81. The first-order valence-electron chi connectivity index (χ1n) is 7.99. The molecule has 126 valence electrons. The van der Waals surface area contributed by atoms with Gasteiger partial charge in [0.1, 0.15) is 5.82 Å². The third kappa shape index (κ3) is 3.82. The normalized spacial score (nSPS) is 17.0. The van der Waals surface area contributed by atoms with Gasteiger partial charge in [0.2, 0.25) is 5.91 Å². The molecule has 1 aromatic carbocycles. The van der Waals surface area contributed by atoms with E-state index in [2.05, 4.69) is 11.4 Å². The molecule has 0 spiro atoms. The number of carbonyl (C=O) groups excluding carboxylic acids is 2. The van der Waals surface area contributed by atoms with E-state index in [1.165, 1.54) is 23.1 Å². The highest BCUT2D eigenvalue weighted by atomic mass is 32.1. The lowest BCUT2D eigenvalue weighted by Crippen LogP contribution is -2.43. The van der Waals surface area contributed by atoms with Crippen LogP contribution in [0, 0.1) is 5.82 Å². The van der Waals surface area contributed by atoms with Crippen LogP contribution >= 0.6 is 11.3 Å². The molecule has 24 heavy (non-hydrogen) atoms. The first-order valence-corrected chi connectivity index (χ1v) is 8.87. The molecule has 1 fully saturated rings. The molecule has 2 heterocycles. The number of benzene rings is 1. The van der Waals surface area contributed by atoms with Crippen molar-refractivity contribution in [2.24, 2.45) is 0 Å². The van der Waals surface area contributed by atoms with Gasteiger partial charge in [0, 0.05) is 23.9 Å². The molecule has 0 aliphatic carbocycles. The van der Waals surface area contributed by atoms with Gasteiger partial charge >= 0.3 is 0 Å². The van der Waals surface area contributed by atoms with E-state index in [0.29, 0.717) is 6.54 Å². The lowest BCUT2D eigenvalue weighted by atomic mass is 10.1. The number of rotatable bonds is 5. The largest absolute Gasteiger partial charge is 0.343 e. The molecule has 1 atom stereocenters. The summed E-state index contributed by atoms with van der Waals surface area (Å²) in [6.07, 6.45) is 2.80. The van der Waals surface area contributed by atoms with Gasteiger partial charge in [0.05, 0.1) is 12.1 Å². The van der Waals surface area contributed by atoms with Gasteiger partial charge in [-0.05, 0) is 36.4 Å². The van der Waals surface area contributed by atoms with Crippen molar-refractivity contribution < 1.29 is 14.0 Å². The van der Waals surface area contributed by atoms with Crippen molar-refractivity contribution >= 4 is 23.2 Å². The van der Waals surface area contributed by atoms with Crippen LogP contribution in [0.15, 0.2) is 41.8 Å². The third-order valence-corrected chi connectivity index (χ3v) is 5.13. The quantitative estimate of drug-likeness (QED) is 0.905. The second-order valence-corrected chi connectivity index (χ2v) is 6.86. The van der Waals surface area contributed by atoms with Crippen LogP contribution in [0.25, 0.3) is 0 Å². The molecule has 0 saturated carbocycles. The fourth-order valence-electron chi connectivity index (χ4n) is 3.04. The molecule has 0 unspecified atom stereocenters. The second-order valence-electron chi connectivity index (χ2n) is 5.83. The van der Waals surface area contributed by atoms with Gasteiger partial charge in [-0.2, -0.15) is 0 Å². The molecule has 4 nitrogen and oxygen atoms in total. The molecule has 0 radical (unpaired) electrons. The smallest absolute Gasteiger partial charge is 0.254 e. The second kappa shape index (κ2) is 7.57. The molecule has 2 aromatic rings. The average molecular weight is 346 g/mol. The Morgan fingerprint density at radius 3 is 2.83 bits per heavy atom. The number of hydrogen-bond acceptors (Lipinski definition) is 3. The van der Waals surface area contributed by atoms with Crippen molar-refractivity contribution in [3.8, 4) is 0 Å². The van der Waals surface area contributed by atoms with E-state index in [1.54, 1.807) is 17.4 Å². The highest BCUT2D eigenvalue weighted by molar-refractivity contribution is 7.09. The van der Waals surface area contributed by atoms with Gasteiger partial charge in [-0.25, -0.2) is 4.39 Å². The van der Waals surface area contributed by atoms with E-state index in [4.69, 9.17) is 0 Å². The first-order chi connectivity index (χ1) is 11.6. The van der Waals surface area contributed by atoms with E-state index < -0.39 is 11.7 Å². The SMILES string of the molecule is O=C(NCC(=O)N1CCC[C@H]1Cc1cccs1)c1ccccc1F. The molecule has 1 aliphatic heterocycles. The van der Waals surface area contributed by atoms with Gasteiger partial charge in [0.15, 0.2) is 0 Å². The van der Waals surface area contributed by atoms with Gasteiger partial charge in [-0.3, -0.25) is 9.59 Å². The number of likely N-dealkylation sites (tertiary alicyclic amines) is 1. The Kier molecular flexibility index (Phi) is 5.25. The van der Waals surface area contributed by atoms with Crippen LogP contribution in [0.4, 0.5) is 4.39 Å². The third-order valence-electron chi connectivity index (χ3n) is 4.23. The summed E-state index contributed by atoms with van der Waals surface area (Å²) in [7, 11) is 0. The van der Waals surface area contributed by atoms with Crippen LogP contribution in [-0.4, -0.2) is 35.8 Å². The highest BCUT2D eigenvalue weighted by Gasteiger charge is 2.29. The maximum atomic E-state index is 13.6. The number of thiophene rings is 1. The van der Waals surface area contributed by atoms with Crippen molar-refractivity contribution in [3.63, 3.8) is 0 Å². The molecule has 6 heteroatoms. The standard InChI is InChI=1S/C18H19FN2O2S/c19-16-8-2-1-7-15(16)18(23)20-12-17(22)21-9-3-5-13(21)11-14-6-4-10-24-14/h1-2,4,6-8,10,13H,3,5,9,11-12H2,(H,20,23)/t13-/m0/s1. The molecule has 3 rings (SSSR count). The van der Waals surface area contributed by atoms with Gasteiger partial charge in [-0.15, -0.1) is 11.3 Å². The Labute approximate surface area is 144 Å². The summed E-state index contributed by atoms with van der Waals surface area (Å²) in [6.45, 7) is 0.610. The van der Waals surface area contributed by atoms with Crippen LogP contribution in [0.5, 0.6) is 0 Å². The molecule has 0 bridgehead atoms. The topological polar surface area (TPSA) is 49.4 Å². The minimum absolute atomic E-state index is 0.0399. The molecule has 1 aliphatic rings. The maximum absolute atomic E-state index is 13.6. The zero-order valence-corrected chi connectivity index (χ0v) is 14.0. The molecular formula is C18H19FN2O2S. The van der Waals surface area contributed by atoms with Crippen molar-refractivity contribution in [3.05, 3.63) is 58.0 Å². The number of halogens is 1. The predicted molar refractivity (Wildman–Crippen MR) is 91.5 cm³/mol. The number of hydrogen-bond donors (Lipinski definition) is 1. The van der Waals surface area contributed by atoms with Crippen LogP contribution in [0.2, 0.25) is 0 Å². The Morgan fingerprint density at radius 2 is 2.08 bits per heavy atom. The lowest BCUT2D eigenvalue weighted by molar-refractivity contribution is -0.130. The average Bonchev–Trinajstić information content (AvgIpc) is 3.25. The summed E-state index contributed by atoms with van der Waals surface area (Å²) >= 11 is 1.69. The van der Waals surface area contributed by atoms with Crippen molar-refractivity contribution in [1.29, 1.82) is 0 Å². The summed E-state index contributed by atoms with van der Waals surface area (Å²) in [5.74, 6) is -1.26. The Bertz CT molecular complexity index is 718. The lowest BCUT2D eigenvalue weighted by Gasteiger charge is -2.24. The van der Waals surface area contributed by atoms with Crippen LogP contribution in [-0.2, 0) is 11.2 Å². The van der Waals surface area contributed by atoms with E-state index >= 15 is 0 Å². The van der Waals surface area contributed by atoms with E-state index in [-0.39, 0.29) is 24.1 Å². The number of nitrogens with zero attached hydrogens (tertiary/aromatic N) is 1.